The van der Waals surface area contributed by atoms with Gasteiger partial charge < -0.3 is 24.8 Å². The third-order valence-corrected chi connectivity index (χ3v) is 25.8. The van der Waals surface area contributed by atoms with Crippen molar-refractivity contribution in [1.29, 1.82) is 0 Å². The van der Waals surface area contributed by atoms with E-state index >= 15 is 0 Å². The minimum Gasteiger partial charge on any atom is -1.00 e. The number of fused-ring (bicyclic) bond motifs is 6. The molecule has 54 heavy (non-hydrogen) atoms. The summed E-state index contributed by atoms with van der Waals surface area (Å²) in [6, 6.07) is 25.8. The van der Waals surface area contributed by atoms with Crippen LogP contribution in [0.25, 0.3) is 5.57 Å². The Labute approximate surface area is 340 Å². The van der Waals surface area contributed by atoms with Gasteiger partial charge in [0.15, 0.2) is 0 Å². The average molecular weight is 847 g/mol. The first-order chi connectivity index (χ1) is 24.5. The van der Waals surface area contributed by atoms with Crippen LogP contribution in [0, 0.1) is 27.6 Å². The van der Waals surface area contributed by atoms with Crippen LogP contribution in [-0.2, 0) is 33.9 Å². The van der Waals surface area contributed by atoms with Gasteiger partial charge >= 0.3 is 318 Å². The van der Waals surface area contributed by atoms with E-state index in [2.05, 4.69) is 140 Å². The zero-order chi connectivity index (χ0) is 37.1. The second-order valence-corrected chi connectivity index (χ2v) is 25.1. The van der Waals surface area contributed by atoms with Crippen LogP contribution in [-0.4, -0.2) is 3.21 Å². The smallest absolute Gasteiger partial charge is 1.00 e. The van der Waals surface area contributed by atoms with Crippen molar-refractivity contribution in [1.82, 2.24) is 0 Å². The molecule has 5 aliphatic rings. The van der Waals surface area contributed by atoms with Gasteiger partial charge in [0, 0.05) is 0 Å². The zero-order valence-corrected chi connectivity index (χ0v) is 36.6. The summed E-state index contributed by atoms with van der Waals surface area (Å²) in [6.45, 7) is 20.4. The maximum absolute atomic E-state index is 14.5. The predicted octanol–water partition coefficient (Wildman–Crippen LogP) is 7.38. The summed E-state index contributed by atoms with van der Waals surface area (Å²) in [5.41, 5.74) is 9.40. The summed E-state index contributed by atoms with van der Waals surface area (Å²) in [5.74, 6) is 0.343. The molecule has 5 aliphatic carbocycles. The molecule has 0 aromatic heterocycles. The molecular formula is C48H51Cl2F3Zr. The molecule has 0 spiro atoms. The van der Waals surface area contributed by atoms with Gasteiger partial charge in [-0.25, -0.2) is 0 Å². The van der Waals surface area contributed by atoms with Gasteiger partial charge in [-0.2, -0.15) is 0 Å². The van der Waals surface area contributed by atoms with Gasteiger partial charge in [0.2, 0.25) is 0 Å². The van der Waals surface area contributed by atoms with E-state index in [0.717, 1.165) is 30.4 Å². The first-order valence-corrected chi connectivity index (χ1v) is 22.9. The molecule has 3 atom stereocenters. The Kier molecular flexibility index (Phi) is 10.5. The van der Waals surface area contributed by atoms with Crippen molar-refractivity contribution in [2.45, 2.75) is 87.6 Å². The Morgan fingerprint density at radius 1 is 0.722 bits per heavy atom. The molecule has 0 amide bonds. The Hall–Kier alpha value is -2.52. The monoisotopic (exact) mass is 844 g/mol. The zero-order valence-electron chi connectivity index (χ0n) is 32.6. The molecule has 3 aromatic rings. The van der Waals surface area contributed by atoms with E-state index in [4.69, 9.17) is 0 Å². The van der Waals surface area contributed by atoms with Crippen LogP contribution in [0.4, 0.5) is 13.2 Å². The summed E-state index contributed by atoms with van der Waals surface area (Å²) in [4.78, 5) is 0. The van der Waals surface area contributed by atoms with Gasteiger partial charge in [0.05, 0.1) is 0 Å². The van der Waals surface area contributed by atoms with Crippen LogP contribution >= 0.6 is 0 Å². The predicted molar refractivity (Wildman–Crippen MR) is 207 cm³/mol. The van der Waals surface area contributed by atoms with Crippen LogP contribution in [0.5, 0.6) is 0 Å². The first-order valence-electron chi connectivity index (χ1n) is 19.1. The Balaban J connectivity index is 0.00000249. The molecule has 8 rings (SSSR count). The third-order valence-electron chi connectivity index (χ3n) is 15.7. The van der Waals surface area contributed by atoms with Crippen molar-refractivity contribution in [2.75, 3.05) is 0 Å². The molecule has 0 aliphatic heterocycles. The van der Waals surface area contributed by atoms with E-state index in [1.807, 2.05) is 12.1 Å². The quantitative estimate of drug-likeness (QED) is 0.258. The van der Waals surface area contributed by atoms with E-state index in [1.165, 1.54) is 43.2 Å². The van der Waals surface area contributed by atoms with Gasteiger partial charge in [-0.1, -0.05) is 0 Å². The second kappa shape index (κ2) is 13.8. The van der Waals surface area contributed by atoms with Crippen LogP contribution in [0.2, 0.25) is 6.75 Å². The SMILES string of the molecule is CC12C(=C3Cc4ccccc4C3=C3C=CCCC31)[C](C)([Zr+2](=[C](c1ccccc1)c1cccc(C(F)(F)F)c1)[CH]1C=CC=C1)C(C)(C)C(C)(C)C2(C)C.[Cl-].[Cl-]. The van der Waals surface area contributed by atoms with Crippen molar-refractivity contribution in [3.05, 3.63) is 160 Å². The molecule has 6 heteroatoms. The molecule has 3 aromatic carbocycles. The van der Waals surface area contributed by atoms with E-state index in [9.17, 15) is 13.2 Å². The number of hydrogen-bond donors (Lipinski definition) is 0. The third kappa shape index (κ3) is 5.42. The minimum atomic E-state index is -4.43. The molecule has 3 unspecified atom stereocenters. The van der Waals surface area contributed by atoms with Crippen molar-refractivity contribution < 1.29 is 59.3 Å². The molecule has 282 valence electrons. The fourth-order valence-corrected chi connectivity index (χ4v) is 23.3. The maximum Gasteiger partial charge on any atom is -1.00 e. The number of benzene rings is 3. The number of hydrogen-bond acceptors (Lipinski definition) is 0. The van der Waals surface area contributed by atoms with E-state index in [-0.39, 0.29) is 53.2 Å². The molecule has 0 heterocycles. The molecule has 0 bridgehead atoms. The normalized spacial score (nSPS) is 27.3. The minimum absolute atomic E-state index is 0. The molecule has 1 saturated carbocycles. The van der Waals surface area contributed by atoms with Gasteiger partial charge in [-0.3, -0.25) is 0 Å². The van der Waals surface area contributed by atoms with E-state index < -0.39 is 33.0 Å². The van der Waals surface area contributed by atoms with Gasteiger partial charge in [-0.05, 0) is 0 Å². The summed E-state index contributed by atoms with van der Waals surface area (Å²) < 4.78 is 44.7. The molecule has 0 N–H and O–H groups in total. The number of halogens is 5. The van der Waals surface area contributed by atoms with Crippen molar-refractivity contribution >= 4 is 8.78 Å². The molecule has 0 nitrogen and oxygen atoms in total. The Morgan fingerprint density at radius 3 is 2.02 bits per heavy atom. The van der Waals surface area contributed by atoms with Gasteiger partial charge in [0.1, 0.15) is 0 Å². The molecular weight excluding hydrogens is 796 g/mol. The number of allylic oxidation sites excluding steroid dienone is 10. The largest absolute Gasteiger partial charge is 1.00 e. The van der Waals surface area contributed by atoms with Gasteiger partial charge in [0.25, 0.3) is 0 Å². The number of rotatable bonds is 4. The number of alkyl halides is 3. The summed E-state index contributed by atoms with van der Waals surface area (Å²) in [5, 5.41) is 0. The Morgan fingerprint density at radius 2 is 1.35 bits per heavy atom. The molecule has 0 radical (unpaired) electrons. The first kappa shape index (κ1) is 41.1. The molecule has 0 saturated heterocycles. The fraction of sp³-hybridized carbons (Fsp3) is 0.396. The summed E-state index contributed by atoms with van der Waals surface area (Å²) in [6.07, 6.45) is 12.6. The fourth-order valence-electron chi connectivity index (χ4n) is 11.7. The van der Waals surface area contributed by atoms with E-state index in [1.54, 1.807) is 11.6 Å². The van der Waals surface area contributed by atoms with E-state index in [0.29, 0.717) is 5.92 Å². The summed E-state index contributed by atoms with van der Waals surface area (Å²) in [7, 11) is 0. The van der Waals surface area contributed by atoms with Crippen molar-refractivity contribution in [3.8, 4) is 0 Å². The van der Waals surface area contributed by atoms with Crippen molar-refractivity contribution in [2.24, 2.45) is 27.6 Å². The van der Waals surface area contributed by atoms with Crippen LogP contribution in [0.3, 0.4) is 0 Å². The van der Waals surface area contributed by atoms with Gasteiger partial charge in [-0.15, -0.1) is 0 Å². The van der Waals surface area contributed by atoms with Crippen LogP contribution in [0.15, 0.2) is 132 Å². The molecule has 1 fully saturated rings. The topological polar surface area (TPSA) is 0 Å². The van der Waals surface area contributed by atoms with Crippen LogP contribution in [0.1, 0.15) is 96.0 Å². The van der Waals surface area contributed by atoms with Crippen LogP contribution < -0.4 is 24.8 Å². The Bertz CT molecular complexity index is 2170. The second-order valence-electron chi connectivity index (χ2n) is 17.8. The maximum atomic E-state index is 14.5. The summed E-state index contributed by atoms with van der Waals surface area (Å²) >= 11 is -3.40. The standard InChI is InChI=1S/C29H37.C14H9F3.C5H5.2ClH.Zr/c1-18-25-22-17-19-13-9-10-14-20(19)24(22)21-15-11-12-16-23(21)29(25,8)28(6,7)27(4,5)26(18,2)3;15-14(16,17)13-8-4-7-12(10-13)9-11-5-2-1-3-6-11;1-2-4-5-3-1;;;/h9-11,13-15,23H,12,16-17H2,1-8H3;1-8,10H;1-5H;2*1H;/q;;;;;+2/p-2. The van der Waals surface area contributed by atoms with Crippen molar-refractivity contribution in [3.63, 3.8) is 0 Å². The average Bonchev–Trinajstić information content (AvgIpc) is 3.78.